The molecule has 0 aliphatic carbocycles. The monoisotopic (exact) mass is 630 g/mol. The van der Waals surface area contributed by atoms with E-state index in [2.05, 4.69) is 141 Å². The predicted octanol–water partition coefficient (Wildman–Crippen LogP) is 8.41. The van der Waals surface area contributed by atoms with Crippen LogP contribution in [0.25, 0.3) is 11.1 Å². The summed E-state index contributed by atoms with van der Waals surface area (Å²) in [5.41, 5.74) is 12.9. The second kappa shape index (κ2) is 9.59. The summed E-state index contributed by atoms with van der Waals surface area (Å²) >= 11 is 2.34. The number of rotatable bonds is 2. The fourth-order valence-corrected chi connectivity index (χ4v) is 5.84. The van der Waals surface area contributed by atoms with Gasteiger partial charge in [-0.25, -0.2) is 15.0 Å². The third-order valence-corrected chi connectivity index (χ3v) is 8.33. The van der Waals surface area contributed by atoms with Crippen molar-refractivity contribution in [3.8, 4) is 0 Å². The van der Waals surface area contributed by atoms with Gasteiger partial charge >= 0.3 is 0 Å². The Hall–Kier alpha value is -3.97. The minimum absolute atomic E-state index is 0.0753. The van der Waals surface area contributed by atoms with Crippen molar-refractivity contribution in [1.82, 2.24) is 0 Å². The Morgan fingerprint density at radius 1 is 0.700 bits per heavy atom. The van der Waals surface area contributed by atoms with E-state index in [1.807, 2.05) is 0 Å². The van der Waals surface area contributed by atoms with Crippen LogP contribution in [0.4, 0.5) is 0 Å². The molecule has 0 saturated heterocycles. The molecule has 0 spiro atoms. The lowest BCUT2D eigenvalue weighted by Gasteiger charge is -2.17. The van der Waals surface area contributed by atoms with Crippen molar-refractivity contribution in [2.45, 2.75) is 27.2 Å². The molecule has 0 amide bonds. The second-order valence-corrected chi connectivity index (χ2v) is 12.5. The van der Waals surface area contributed by atoms with Gasteiger partial charge in [-0.05, 0) is 101 Å². The van der Waals surface area contributed by atoms with Gasteiger partial charge < -0.3 is 0 Å². The predicted molar refractivity (Wildman–Crippen MR) is 176 cm³/mol. The van der Waals surface area contributed by atoms with Crippen LogP contribution in [0.3, 0.4) is 0 Å². The number of aryl methyl sites for hydroxylation is 1. The highest BCUT2D eigenvalue weighted by Crippen LogP contribution is 2.40. The first-order chi connectivity index (χ1) is 19.3. The minimum atomic E-state index is -0.0753. The van der Waals surface area contributed by atoms with E-state index in [0.717, 1.165) is 74.3 Å². The van der Waals surface area contributed by atoms with Gasteiger partial charge in [-0.3, -0.25) is 4.99 Å². The van der Waals surface area contributed by atoms with E-state index < -0.39 is 0 Å². The van der Waals surface area contributed by atoms with Gasteiger partial charge in [-0.1, -0.05) is 55.8 Å². The molecule has 0 aromatic heterocycles. The molecular weight excluding hydrogens is 603 g/mol. The quantitative estimate of drug-likeness (QED) is 0.300. The van der Waals surface area contributed by atoms with Crippen LogP contribution in [0.5, 0.6) is 0 Å². The lowest BCUT2D eigenvalue weighted by molar-refractivity contribution is 0.485. The summed E-state index contributed by atoms with van der Waals surface area (Å²) < 4.78 is 1.20. The fourth-order valence-electron chi connectivity index (χ4n) is 5.48. The molecule has 4 nitrogen and oxygen atoms in total. The normalized spacial score (nSPS) is 20.5. The second-order valence-electron chi connectivity index (χ2n) is 11.2. The van der Waals surface area contributed by atoms with Gasteiger partial charge in [0.15, 0.2) is 0 Å². The number of hydrogen-bond acceptors (Lipinski definition) is 4. The van der Waals surface area contributed by atoms with Gasteiger partial charge in [0, 0.05) is 38.0 Å². The average Bonchev–Trinajstić information content (AvgIpc) is 3.70. The molecule has 7 rings (SSSR count). The molecule has 5 heteroatoms. The highest BCUT2D eigenvalue weighted by atomic mass is 127. The number of nitrogens with zero attached hydrogens (tertiary/aromatic N) is 4. The Kier molecular flexibility index (Phi) is 6.00. The third-order valence-electron chi connectivity index (χ3n) is 7.61. The number of allylic oxidation sites excluding steroid dienone is 11. The molecule has 5 heterocycles. The molecule has 0 unspecified atom stereocenters. The Bertz CT molecular complexity index is 1810. The van der Waals surface area contributed by atoms with E-state index >= 15 is 0 Å². The smallest absolute Gasteiger partial charge is 0.0744 e. The topological polar surface area (TPSA) is 49.4 Å². The third kappa shape index (κ3) is 4.68. The van der Waals surface area contributed by atoms with E-state index in [4.69, 9.17) is 20.0 Å². The maximum atomic E-state index is 5.23. The molecule has 2 aromatic carbocycles. The summed E-state index contributed by atoms with van der Waals surface area (Å²) in [5.74, 6) is 0. The lowest BCUT2D eigenvalue weighted by Crippen LogP contribution is -2.11. The molecule has 5 aliphatic rings. The molecule has 40 heavy (non-hydrogen) atoms. The Morgan fingerprint density at radius 2 is 1.43 bits per heavy atom. The van der Waals surface area contributed by atoms with Gasteiger partial charge in [0.1, 0.15) is 0 Å². The summed E-state index contributed by atoms with van der Waals surface area (Å²) in [6.07, 6.45) is 17.7. The van der Waals surface area contributed by atoms with Crippen molar-refractivity contribution in [1.29, 1.82) is 0 Å². The van der Waals surface area contributed by atoms with Crippen LogP contribution in [-0.4, -0.2) is 22.8 Å². The van der Waals surface area contributed by atoms with E-state index in [9.17, 15) is 0 Å². The zero-order valence-electron chi connectivity index (χ0n) is 22.6. The molecule has 0 fully saturated rings. The fraction of sp³-hybridized carbons (Fsp3) is 0.143. The lowest BCUT2D eigenvalue weighted by atomic mass is 9.86. The Morgan fingerprint density at radius 3 is 2.23 bits per heavy atom. The Labute approximate surface area is 248 Å². The number of aliphatic imine (C=N–C) groups is 4. The van der Waals surface area contributed by atoms with Crippen LogP contribution >= 0.6 is 22.6 Å². The van der Waals surface area contributed by atoms with E-state index in [1.54, 1.807) is 0 Å². The first kappa shape index (κ1) is 25.0. The van der Waals surface area contributed by atoms with Gasteiger partial charge in [0.05, 0.1) is 34.2 Å². The maximum absolute atomic E-state index is 5.23. The van der Waals surface area contributed by atoms with Crippen LogP contribution in [0.1, 0.15) is 37.0 Å². The average molecular weight is 631 g/mol. The van der Waals surface area contributed by atoms with Gasteiger partial charge in [-0.15, -0.1) is 0 Å². The van der Waals surface area contributed by atoms with Crippen molar-refractivity contribution < 1.29 is 0 Å². The molecular formula is C35H27IN4. The zero-order valence-corrected chi connectivity index (χ0v) is 24.8. The van der Waals surface area contributed by atoms with Crippen LogP contribution in [0, 0.1) is 15.9 Å². The van der Waals surface area contributed by atoms with Gasteiger partial charge in [0.25, 0.3) is 0 Å². The van der Waals surface area contributed by atoms with Gasteiger partial charge in [0.2, 0.25) is 0 Å². The summed E-state index contributed by atoms with van der Waals surface area (Å²) in [7, 11) is 0. The first-order valence-corrected chi connectivity index (χ1v) is 14.5. The van der Waals surface area contributed by atoms with Crippen LogP contribution in [0.2, 0.25) is 0 Å². The minimum Gasteiger partial charge on any atom is -0.257 e. The summed E-state index contributed by atoms with van der Waals surface area (Å²) in [6.45, 7) is 6.59. The highest BCUT2D eigenvalue weighted by Gasteiger charge is 2.32. The van der Waals surface area contributed by atoms with Crippen LogP contribution < -0.4 is 0 Å². The molecule has 194 valence electrons. The summed E-state index contributed by atoms with van der Waals surface area (Å²) in [4.78, 5) is 20.3. The van der Waals surface area contributed by atoms with E-state index in [1.165, 1.54) is 9.13 Å². The molecule has 0 radical (unpaired) electrons. The van der Waals surface area contributed by atoms with Crippen molar-refractivity contribution in [2.24, 2.45) is 25.4 Å². The van der Waals surface area contributed by atoms with Crippen molar-refractivity contribution >= 4 is 56.6 Å². The summed E-state index contributed by atoms with van der Waals surface area (Å²) in [5, 5.41) is 0. The SMILES string of the molecule is Cc1ccc(C2=C3C=CC(=N3)C=C3N=C(C=C4C=CC(=N4)C=C4N=C2C=C4c2ccc(I)cc2)CC3(C)C)cc1. The van der Waals surface area contributed by atoms with E-state index in [0.29, 0.717) is 0 Å². The summed E-state index contributed by atoms with van der Waals surface area (Å²) in [6, 6.07) is 17.2. The Balaban J connectivity index is 1.48. The number of hydrogen-bond donors (Lipinski definition) is 0. The highest BCUT2D eigenvalue weighted by molar-refractivity contribution is 14.1. The number of fused-ring (bicyclic) bond motifs is 4. The van der Waals surface area contributed by atoms with Gasteiger partial charge in [-0.2, -0.15) is 0 Å². The number of benzene rings is 2. The molecule has 5 aliphatic heterocycles. The first-order valence-electron chi connectivity index (χ1n) is 13.5. The molecule has 2 aromatic rings. The largest absolute Gasteiger partial charge is 0.257 e. The van der Waals surface area contributed by atoms with E-state index in [-0.39, 0.29) is 5.41 Å². The zero-order chi connectivity index (χ0) is 27.4. The molecule has 0 atom stereocenters. The maximum Gasteiger partial charge on any atom is 0.0744 e. The molecule has 8 bridgehead atoms. The molecule has 0 N–H and O–H groups in total. The van der Waals surface area contributed by atoms with Crippen LogP contribution in [-0.2, 0) is 0 Å². The van der Waals surface area contributed by atoms with Crippen molar-refractivity contribution in [3.05, 3.63) is 140 Å². The molecule has 0 saturated carbocycles. The van der Waals surface area contributed by atoms with Crippen LogP contribution in [0.15, 0.2) is 140 Å². The standard InChI is InChI=1S/C35H27IN4/c1-21-4-6-23(7-5-21)34-30-15-14-27(38-30)18-33-35(2,3)20-28(39-33)16-25-12-13-26(37-25)17-31-29(19-32(34)40-31)22-8-10-24(36)11-9-22/h4-19H,20H2,1-3H3. The number of halogens is 1. The van der Waals surface area contributed by atoms with Crippen molar-refractivity contribution in [3.63, 3.8) is 0 Å². The van der Waals surface area contributed by atoms with Crippen molar-refractivity contribution in [2.75, 3.05) is 0 Å².